The number of likely N-dealkylation sites (tertiary alicyclic amines) is 1. The van der Waals surface area contributed by atoms with Crippen LogP contribution in [0.15, 0.2) is 81.3 Å². The van der Waals surface area contributed by atoms with E-state index in [0.29, 0.717) is 32.2 Å². The largest absolute Gasteiger partial charge is 0.507 e. The molecule has 40 heavy (non-hydrogen) atoms. The van der Waals surface area contributed by atoms with E-state index >= 15 is 0 Å². The average Bonchev–Trinajstić information content (AvgIpc) is 2.95. The van der Waals surface area contributed by atoms with Crippen LogP contribution in [0.3, 0.4) is 0 Å². The highest BCUT2D eigenvalue weighted by molar-refractivity contribution is 7.43. The first-order chi connectivity index (χ1) is 19.3. The molecule has 2 aromatic rings. The molecular weight excluding hydrogens is 519 g/mol. The number of benzene rings is 2. The molecule has 0 aromatic heterocycles. The average molecular weight is 561 g/mol. The van der Waals surface area contributed by atoms with Crippen LogP contribution in [0.5, 0.6) is 5.75 Å². The van der Waals surface area contributed by atoms with Crippen LogP contribution >= 0.6 is 8.58 Å². The molecule has 2 aromatic carbocycles. The Morgan fingerprint density at radius 1 is 1.23 bits per heavy atom. The molecule has 2 atom stereocenters. The number of nitrogens with one attached hydrogen (secondary N) is 2. The number of allylic oxidation sites excluding steroid dienone is 4. The van der Waals surface area contributed by atoms with Crippen LogP contribution in [0.1, 0.15) is 37.8 Å². The Morgan fingerprint density at radius 3 is 2.55 bits per heavy atom. The van der Waals surface area contributed by atoms with Crippen LogP contribution in [0, 0.1) is 17.2 Å². The molecule has 0 radical (unpaired) electrons. The zero-order valence-corrected chi connectivity index (χ0v) is 25.1. The van der Waals surface area contributed by atoms with Crippen LogP contribution in [-0.4, -0.2) is 68.7 Å². The first kappa shape index (κ1) is 32.4. The first-order valence-corrected chi connectivity index (χ1v) is 14.8. The summed E-state index contributed by atoms with van der Waals surface area (Å²) < 4.78 is 0. The zero-order valence-electron chi connectivity index (χ0n) is 24.1. The fraction of sp³-hybridized carbons (Fsp3) is 0.355. The standard InChI is InChI=1S/C23H35N4OP.C8H6N2O/c1-17(25-14-19-9-8-12-27(4)16-19)13-21(20-10-6-7-11-22(20)28)26-18(2)23(29-5)15-24-3;9-5-7-1-3-8(4-2-7)10-6-11/h6-7,10-11,13,15,19,25,28-29H,8-9,12,14,16H2,1-5H3;1-4,6H,(H,10,11)/b17-13+,23-18-,24-15?,26-21+;. The van der Waals surface area contributed by atoms with Crippen molar-refractivity contribution in [2.45, 2.75) is 26.7 Å². The van der Waals surface area contributed by atoms with Crippen molar-refractivity contribution in [3.05, 3.63) is 82.4 Å². The molecule has 0 saturated carbocycles. The van der Waals surface area contributed by atoms with Crippen molar-refractivity contribution in [1.82, 2.24) is 10.2 Å². The third kappa shape index (κ3) is 11.1. The maximum Gasteiger partial charge on any atom is 0.211 e. The van der Waals surface area contributed by atoms with E-state index in [0.717, 1.165) is 41.1 Å². The first-order valence-electron chi connectivity index (χ1n) is 13.3. The molecule has 2 unspecified atom stereocenters. The van der Waals surface area contributed by atoms with E-state index in [-0.39, 0.29) is 5.75 Å². The lowest BCUT2D eigenvalue weighted by atomic mass is 9.98. The Bertz CT molecular complexity index is 1260. The van der Waals surface area contributed by atoms with Gasteiger partial charge in [-0.25, -0.2) is 0 Å². The van der Waals surface area contributed by atoms with Gasteiger partial charge in [0.1, 0.15) is 5.75 Å². The van der Waals surface area contributed by atoms with Gasteiger partial charge in [-0.2, -0.15) is 5.26 Å². The number of carbonyl (C=O) groups excluding carboxylic acids is 1. The van der Waals surface area contributed by atoms with E-state index in [4.69, 9.17) is 10.3 Å². The summed E-state index contributed by atoms with van der Waals surface area (Å²) in [5, 5.41) is 26.0. The Labute approximate surface area is 240 Å². The number of para-hydroxylation sites is 1. The molecule has 1 aliphatic rings. The van der Waals surface area contributed by atoms with E-state index in [1.54, 1.807) is 37.4 Å². The number of aliphatic imine (C=N–C) groups is 2. The number of nitriles is 1. The highest BCUT2D eigenvalue weighted by Crippen LogP contribution is 2.24. The van der Waals surface area contributed by atoms with E-state index in [1.807, 2.05) is 43.5 Å². The molecule has 0 spiro atoms. The lowest BCUT2D eigenvalue weighted by molar-refractivity contribution is -0.105. The van der Waals surface area contributed by atoms with Crippen molar-refractivity contribution in [2.75, 3.05) is 45.7 Å². The van der Waals surface area contributed by atoms with Crippen LogP contribution in [0.25, 0.3) is 0 Å². The Balaban J connectivity index is 0.000000425. The van der Waals surface area contributed by atoms with Gasteiger partial charge < -0.3 is 20.6 Å². The number of rotatable bonds is 10. The molecule has 1 fully saturated rings. The topological polar surface area (TPSA) is 113 Å². The van der Waals surface area contributed by atoms with E-state index in [2.05, 4.69) is 41.2 Å². The maximum absolute atomic E-state index is 10.4. The second kappa shape index (κ2) is 17.7. The number of amides is 1. The predicted molar refractivity (Wildman–Crippen MR) is 169 cm³/mol. The van der Waals surface area contributed by atoms with Crippen LogP contribution in [-0.2, 0) is 4.79 Å². The summed E-state index contributed by atoms with van der Waals surface area (Å²) in [4.78, 5) is 21.4. The third-order valence-electron chi connectivity index (χ3n) is 6.37. The minimum Gasteiger partial charge on any atom is -0.507 e. The molecule has 1 saturated heterocycles. The van der Waals surface area contributed by atoms with Crippen LogP contribution in [0.4, 0.5) is 5.69 Å². The van der Waals surface area contributed by atoms with Gasteiger partial charge >= 0.3 is 0 Å². The molecule has 8 nitrogen and oxygen atoms in total. The second-order valence-corrected chi connectivity index (χ2v) is 10.6. The fourth-order valence-corrected chi connectivity index (χ4v) is 4.96. The number of phenols is 1. The number of phenolic OH excluding ortho intramolecular Hbond substituents is 1. The Morgan fingerprint density at radius 2 is 1.95 bits per heavy atom. The van der Waals surface area contributed by atoms with Crippen molar-refractivity contribution in [1.29, 1.82) is 5.26 Å². The fourth-order valence-electron chi connectivity index (χ4n) is 4.28. The van der Waals surface area contributed by atoms with Gasteiger partial charge in [0, 0.05) is 54.3 Å². The molecule has 0 bridgehead atoms. The summed E-state index contributed by atoms with van der Waals surface area (Å²) in [6.45, 7) is 9.49. The highest BCUT2D eigenvalue weighted by atomic mass is 31.1. The van der Waals surface area contributed by atoms with E-state index < -0.39 is 0 Å². The zero-order chi connectivity index (χ0) is 29.3. The summed E-state index contributed by atoms with van der Waals surface area (Å²) in [5.41, 5.74) is 4.75. The highest BCUT2D eigenvalue weighted by Gasteiger charge is 2.17. The lowest BCUT2D eigenvalue weighted by Crippen LogP contribution is -2.37. The molecular formula is C31H41N6O2P. The summed E-state index contributed by atoms with van der Waals surface area (Å²) in [6, 6.07) is 16.0. The summed E-state index contributed by atoms with van der Waals surface area (Å²) in [7, 11) is 4.58. The maximum atomic E-state index is 10.4. The monoisotopic (exact) mass is 560 g/mol. The predicted octanol–water partition coefficient (Wildman–Crippen LogP) is 5.38. The van der Waals surface area contributed by atoms with Gasteiger partial charge in [0.05, 0.1) is 17.3 Å². The number of nitrogens with zero attached hydrogens (tertiary/aromatic N) is 4. The summed E-state index contributed by atoms with van der Waals surface area (Å²) in [6.07, 6.45) is 7.03. The lowest BCUT2D eigenvalue weighted by Gasteiger charge is -2.30. The van der Waals surface area contributed by atoms with Crippen molar-refractivity contribution in [3.8, 4) is 11.8 Å². The van der Waals surface area contributed by atoms with E-state index in [9.17, 15) is 9.90 Å². The van der Waals surface area contributed by atoms with Gasteiger partial charge in [0.15, 0.2) is 0 Å². The van der Waals surface area contributed by atoms with E-state index in [1.165, 1.54) is 19.4 Å². The van der Waals surface area contributed by atoms with Crippen molar-refractivity contribution in [3.63, 3.8) is 0 Å². The van der Waals surface area contributed by atoms with Gasteiger partial charge in [-0.1, -0.05) is 20.7 Å². The number of carbonyl (C=O) groups is 1. The third-order valence-corrected chi connectivity index (χ3v) is 7.40. The molecule has 212 valence electrons. The summed E-state index contributed by atoms with van der Waals surface area (Å²) in [5.74, 6) is 0.902. The van der Waals surface area contributed by atoms with Crippen molar-refractivity contribution < 1.29 is 9.90 Å². The number of hydrogen-bond acceptors (Lipinski definition) is 7. The molecule has 3 N–H and O–H groups in total. The Kier molecular flexibility index (Phi) is 14.4. The van der Waals surface area contributed by atoms with Crippen molar-refractivity contribution >= 4 is 32.6 Å². The van der Waals surface area contributed by atoms with Gasteiger partial charge in [-0.3, -0.25) is 14.8 Å². The summed E-state index contributed by atoms with van der Waals surface area (Å²) >= 11 is 0. The molecule has 0 aliphatic carbocycles. The molecule has 1 heterocycles. The minimum atomic E-state index is 0.238. The number of anilines is 1. The molecule has 3 rings (SSSR count). The Hall–Kier alpha value is -3.79. The van der Waals surface area contributed by atoms with Gasteiger partial charge in [-0.15, -0.1) is 0 Å². The van der Waals surface area contributed by atoms with Gasteiger partial charge in [-0.05, 0) is 95.3 Å². The molecule has 1 amide bonds. The molecule has 9 heteroatoms. The number of piperidine rings is 1. The van der Waals surface area contributed by atoms with Crippen LogP contribution < -0.4 is 10.6 Å². The van der Waals surface area contributed by atoms with Gasteiger partial charge in [0.25, 0.3) is 0 Å². The molecule has 1 aliphatic heterocycles. The minimum absolute atomic E-state index is 0.238. The smallest absolute Gasteiger partial charge is 0.211 e. The normalized spacial score (nSPS) is 17.1. The quantitative estimate of drug-likeness (QED) is 0.205. The number of aromatic hydroxyl groups is 1. The SMILES string of the molecule is CN=C/C(PC)=C(C)/N=C(\C=C(/C)NCC1CCCN(C)C1)c1ccccc1O.N#Cc1ccc(NC=O)cc1. The second-order valence-electron chi connectivity index (χ2n) is 9.58. The van der Waals surface area contributed by atoms with Crippen molar-refractivity contribution in [2.24, 2.45) is 15.9 Å². The van der Waals surface area contributed by atoms with Gasteiger partial charge in [0.2, 0.25) is 6.41 Å². The number of hydrogen-bond donors (Lipinski definition) is 3. The van der Waals surface area contributed by atoms with Crippen LogP contribution in [0.2, 0.25) is 0 Å².